The molecule has 0 saturated carbocycles. The number of anilines is 1. The molecule has 4 heteroatoms. The van der Waals surface area contributed by atoms with Gasteiger partial charge in [-0.05, 0) is 37.5 Å². The SMILES string of the molecule is CCCCc1ccc(NC(C)C(=O)N2CCOCC2)cc1. The highest BCUT2D eigenvalue weighted by Crippen LogP contribution is 2.13. The standard InChI is InChI=1S/C17H26N2O2/c1-3-4-5-15-6-8-16(9-7-15)18-14(2)17(20)19-10-12-21-13-11-19/h6-9,14,18H,3-5,10-13H2,1-2H3. The maximum Gasteiger partial charge on any atom is 0.244 e. The lowest BCUT2D eigenvalue weighted by molar-refractivity contribution is -0.135. The number of ether oxygens (including phenoxy) is 1. The van der Waals surface area contributed by atoms with Crippen LogP contribution in [0.2, 0.25) is 0 Å². The topological polar surface area (TPSA) is 41.6 Å². The van der Waals surface area contributed by atoms with Crippen LogP contribution in [0.4, 0.5) is 5.69 Å². The van der Waals surface area contributed by atoms with E-state index in [4.69, 9.17) is 4.74 Å². The van der Waals surface area contributed by atoms with Gasteiger partial charge < -0.3 is 15.0 Å². The zero-order valence-electron chi connectivity index (χ0n) is 13.1. The van der Waals surface area contributed by atoms with Crippen LogP contribution in [0.5, 0.6) is 0 Å². The summed E-state index contributed by atoms with van der Waals surface area (Å²) in [7, 11) is 0. The largest absolute Gasteiger partial charge is 0.378 e. The molecule has 1 fully saturated rings. The van der Waals surface area contributed by atoms with Gasteiger partial charge in [0.25, 0.3) is 0 Å². The fraction of sp³-hybridized carbons (Fsp3) is 0.588. The number of carbonyl (C=O) groups excluding carboxylic acids is 1. The van der Waals surface area contributed by atoms with Crippen LogP contribution in [0.3, 0.4) is 0 Å². The molecule has 0 radical (unpaired) electrons. The van der Waals surface area contributed by atoms with Gasteiger partial charge in [0.1, 0.15) is 6.04 Å². The highest BCUT2D eigenvalue weighted by Gasteiger charge is 2.22. The van der Waals surface area contributed by atoms with E-state index in [9.17, 15) is 4.79 Å². The van der Waals surface area contributed by atoms with Gasteiger partial charge in [-0.2, -0.15) is 0 Å². The van der Waals surface area contributed by atoms with Crippen molar-refractivity contribution in [2.75, 3.05) is 31.6 Å². The Morgan fingerprint density at radius 3 is 2.57 bits per heavy atom. The molecule has 1 heterocycles. The predicted octanol–water partition coefficient (Wildman–Crippen LogP) is 2.69. The Morgan fingerprint density at radius 2 is 1.95 bits per heavy atom. The Morgan fingerprint density at radius 1 is 1.29 bits per heavy atom. The summed E-state index contributed by atoms with van der Waals surface area (Å²) in [5.41, 5.74) is 2.36. The van der Waals surface area contributed by atoms with Crippen LogP contribution < -0.4 is 5.32 Å². The molecule has 0 bridgehead atoms. The second-order valence-electron chi connectivity index (χ2n) is 5.60. The average molecular weight is 290 g/mol. The first-order valence-corrected chi connectivity index (χ1v) is 7.92. The van der Waals surface area contributed by atoms with Gasteiger partial charge in [0.15, 0.2) is 0 Å². The lowest BCUT2D eigenvalue weighted by Crippen LogP contribution is -2.46. The number of unbranched alkanes of at least 4 members (excludes halogenated alkanes) is 1. The van der Waals surface area contributed by atoms with Crippen LogP contribution in [0.15, 0.2) is 24.3 Å². The maximum atomic E-state index is 12.3. The Bertz CT molecular complexity index is 439. The number of nitrogens with zero attached hydrogens (tertiary/aromatic N) is 1. The number of hydrogen-bond acceptors (Lipinski definition) is 3. The molecular formula is C17H26N2O2. The van der Waals surface area contributed by atoms with Crippen molar-refractivity contribution in [2.45, 2.75) is 39.2 Å². The van der Waals surface area contributed by atoms with E-state index < -0.39 is 0 Å². The third-order valence-electron chi connectivity index (χ3n) is 3.85. The van der Waals surface area contributed by atoms with Crippen LogP contribution in [0.25, 0.3) is 0 Å². The van der Waals surface area contributed by atoms with E-state index >= 15 is 0 Å². The summed E-state index contributed by atoms with van der Waals surface area (Å²) >= 11 is 0. The molecule has 21 heavy (non-hydrogen) atoms. The number of benzene rings is 1. The van der Waals surface area contributed by atoms with E-state index in [1.807, 2.05) is 11.8 Å². The zero-order valence-corrected chi connectivity index (χ0v) is 13.1. The van der Waals surface area contributed by atoms with Crippen molar-refractivity contribution in [1.82, 2.24) is 4.90 Å². The molecule has 4 nitrogen and oxygen atoms in total. The number of amides is 1. The third kappa shape index (κ3) is 4.74. The van der Waals surface area contributed by atoms with E-state index in [1.54, 1.807) is 0 Å². The summed E-state index contributed by atoms with van der Waals surface area (Å²) in [4.78, 5) is 14.2. The molecule has 1 saturated heterocycles. The molecule has 0 aromatic heterocycles. The Kier molecular flexibility index (Phi) is 6.05. The number of nitrogens with one attached hydrogen (secondary N) is 1. The van der Waals surface area contributed by atoms with E-state index in [1.165, 1.54) is 18.4 Å². The predicted molar refractivity (Wildman–Crippen MR) is 85.5 cm³/mol. The van der Waals surface area contributed by atoms with Gasteiger partial charge in [-0.1, -0.05) is 25.5 Å². The minimum atomic E-state index is -0.204. The molecule has 1 aliphatic heterocycles. The fourth-order valence-electron chi connectivity index (χ4n) is 2.52. The third-order valence-corrected chi connectivity index (χ3v) is 3.85. The second kappa shape index (κ2) is 8.03. The van der Waals surface area contributed by atoms with Crippen LogP contribution >= 0.6 is 0 Å². The van der Waals surface area contributed by atoms with Crippen molar-refractivity contribution in [3.63, 3.8) is 0 Å². The highest BCUT2D eigenvalue weighted by atomic mass is 16.5. The van der Waals surface area contributed by atoms with Crippen LogP contribution in [-0.4, -0.2) is 43.2 Å². The van der Waals surface area contributed by atoms with Crippen molar-refractivity contribution in [1.29, 1.82) is 0 Å². The molecule has 2 rings (SSSR count). The van der Waals surface area contributed by atoms with Gasteiger partial charge >= 0.3 is 0 Å². The van der Waals surface area contributed by atoms with Crippen molar-refractivity contribution in [3.8, 4) is 0 Å². The van der Waals surface area contributed by atoms with E-state index in [0.717, 1.165) is 12.1 Å². The lowest BCUT2D eigenvalue weighted by atomic mass is 10.1. The first-order valence-electron chi connectivity index (χ1n) is 7.92. The van der Waals surface area contributed by atoms with Gasteiger partial charge in [-0.25, -0.2) is 0 Å². The minimum absolute atomic E-state index is 0.147. The van der Waals surface area contributed by atoms with Crippen molar-refractivity contribution in [3.05, 3.63) is 29.8 Å². The van der Waals surface area contributed by atoms with Crippen LogP contribution in [-0.2, 0) is 16.0 Å². The number of morpholine rings is 1. The summed E-state index contributed by atoms with van der Waals surface area (Å²) < 4.78 is 5.28. The number of carbonyl (C=O) groups is 1. The van der Waals surface area contributed by atoms with E-state index in [2.05, 4.69) is 36.5 Å². The van der Waals surface area contributed by atoms with Crippen LogP contribution in [0, 0.1) is 0 Å². The average Bonchev–Trinajstić information content (AvgIpc) is 2.54. The van der Waals surface area contributed by atoms with E-state index in [0.29, 0.717) is 26.3 Å². The fourth-order valence-corrected chi connectivity index (χ4v) is 2.52. The Labute approximate surface area is 127 Å². The van der Waals surface area contributed by atoms with Gasteiger partial charge in [0.05, 0.1) is 13.2 Å². The summed E-state index contributed by atoms with van der Waals surface area (Å²) in [6.45, 7) is 6.80. The lowest BCUT2D eigenvalue weighted by Gasteiger charge is -2.29. The molecule has 1 aromatic rings. The van der Waals surface area contributed by atoms with Gasteiger partial charge in [-0.15, -0.1) is 0 Å². The first-order chi connectivity index (χ1) is 10.2. The molecular weight excluding hydrogens is 264 g/mol. The number of aryl methyl sites for hydroxylation is 1. The molecule has 1 N–H and O–H groups in total. The van der Waals surface area contributed by atoms with Gasteiger partial charge in [-0.3, -0.25) is 4.79 Å². The molecule has 0 spiro atoms. The summed E-state index contributed by atoms with van der Waals surface area (Å²) in [6.07, 6.45) is 3.56. The normalized spacial score (nSPS) is 16.6. The molecule has 1 aromatic carbocycles. The molecule has 1 atom stereocenters. The monoisotopic (exact) mass is 290 g/mol. The first kappa shape index (κ1) is 15.8. The van der Waals surface area contributed by atoms with Crippen molar-refractivity contribution in [2.24, 2.45) is 0 Å². The van der Waals surface area contributed by atoms with Crippen molar-refractivity contribution < 1.29 is 9.53 Å². The smallest absolute Gasteiger partial charge is 0.244 e. The summed E-state index contributed by atoms with van der Waals surface area (Å²) in [5, 5.41) is 3.29. The molecule has 1 unspecified atom stereocenters. The highest BCUT2D eigenvalue weighted by molar-refractivity contribution is 5.84. The Hall–Kier alpha value is -1.55. The number of hydrogen-bond donors (Lipinski definition) is 1. The molecule has 116 valence electrons. The summed E-state index contributed by atoms with van der Waals surface area (Å²) in [6, 6.07) is 8.21. The van der Waals surface area contributed by atoms with E-state index in [-0.39, 0.29) is 11.9 Å². The quantitative estimate of drug-likeness (QED) is 0.876. The maximum absolute atomic E-state index is 12.3. The Balaban J connectivity index is 1.86. The second-order valence-corrected chi connectivity index (χ2v) is 5.60. The number of rotatable bonds is 6. The molecule has 1 amide bonds. The minimum Gasteiger partial charge on any atom is -0.378 e. The van der Waals surface area contributed by atoms with Gasteiger partial charge in [0, 0.05) is 18.8 Å². The zero-order chi connectivity index (χ0) is 15.1. The van der Waals surface area contributed by atoms with Crippen LogP contribution in [0.1, 0.15) is 32.3 Å². The summed E-state index contributed by atoms with van der Waals surface area (Å²) in [5.74, 6) is 0.147. The van der Waals surface area contributed by atoms with Gasteiger partial charge in [0.2, 0.25) is 5.91 Å². The molecule has 1 aliphatic rings. The molecule has 0 aliphatic carbocycles. The van der Waals surface area contributed by atoms with Crippen molar-refractivity contribution >= 4 is 11.6 Å².